The Morgan fingerprint density at radius 3 is 2.84 bits per heavy atom. The zero-order valence-electron chi connectivity index (χ0n) is 12.3. The maximum Gasteiger partial charge on any atom is 0.122 e. The Hall–Kier alpha value is -1.06. The summed E-state index contributed by atoms with van der Waals surface area (Å²) < 4.78 is 5.46. The number of nitrogens with zero attached hydrogens (tertiary/aromatic N) is 1. The molecule has 0 radical (unpaired) electrons. The number of aliphatic hydroxyl groups excluding tert-OH is 1. The molecule has 1 atom stereocenters. The van der Waals surface area contributed by atoms with Gasteiger partial charge in [0.05, 0.1) is 13.7 Å². The average molecular weight is 263 g/mol. The van der Waals surface area contributed by atoms with E-state index in [0.29, 0.717) is 0 Å². The second-order valence-electron chi connectivity index (χ2n) is 5.99. The van der Waals surface area contributed by atoms with Crippen molar-refractivity contribution >= 4 is 0 Å². The summed E-state index contributed by atoms with van der Waals surface area (Å²) in [7, 11) is 3.85. The van der Waals surface area contributed by atoms with Gasteiger partial charge >= 0.3 is 0 Å². The quantitative estimate of drug-likeness (QED) is 0.904. The van der Waals surface area contributed by atoms with Crippen LogP contribution in [0, 0.1) is 12.3 Å². The Balaban J connectivity index is 2.24. The van der Waals surface area contributed by atoms with Gasteiger partial charge in [0.25, 0.3) is 0 Å². The van der Waals surface area contributed by atoms with Gasteiger partial charge in [-0.25, -0.2) is 0 Å². The molecule has 0 aliphatic carbocycles. The molecule has 1 fully saturated rings. The van der Waals surface area contributed by atoms with Crippen LogP contribution in [0.3, 0.4) is 0 Å². The first-order valence-electron chi connectivity index (χ1n) is 7.01. The Kier molecular flexibility index (Phi) is 4.48. The molecule has 1 heterocycles. The molecule has 0 spiro atoms. The summed E-state index contributed by atoms with van der Waals surface area (Å²) in [6.07, 6.45) is 3.13. The van der Waals surface area contributed by atoms with Gasteiger partial charge in [-0.1, -0.05) is 17.7 Å². The van der Waals surface area contributed by atoms with Crippen LogP contribution in [0.4, 0.5) is 0 Å². The fourth-order valence-corrected chi connectivity index (χ4v) is 3.23. The van der Waals surface area contributed by atoms with Crippen LogP contribution in [0.1, 0.15) is 24.0 Å². The number of benzene rings is 1. The lowest BCUT2D eigenvalue weighted by molar-refractivity contribution is 0.0434. The summed E-state index contributed by atoms with van der Waals surface area (Å²) in [5.41, 5.74) is 2.44. The molecule has 1 saturated heterocycles. The van der Waals surface area contributed by atoms with Crippen molar-refractivity contribution in [2.45, 2.75) is 26.2 Å². The molecule has 2 rings (SSSR count). The van der Waals surface area contributed by atoms with Crippen LogP contribution in [0.5, 0.6) is 5.75 Å². The summed E-state index contributed by atoms with van der Waals surface area (Å²) in [5, 5.41) is 9.89. The lowest BCUT2D eigenvalue weighted by atomic mass is 9.75. The first-order chi connectivity index (χ1) is 9.08. The van der Waals surface area contributed by atoms with E-state index in [2.05, 4.69) is 31.0 Å². The van der Waals surface area contributed by atoms with Crippen LogP contribution in [0.25, 0.3) is 0 Å². The number of aliphatic hydroxyl groups is 1. The van der Waals surface area contributed by atoms with E-state index in [9.17, 15) is 5.11 Å². The van der Waals surface area contributed by atoms with E-state index in [1.165, 1.54) is 11.1 Å². The number of methoxy groups -OCH3 is 1. The van der Waals surface area contributed by atoms with E-state index >= 15 is 0 Å². The van der Waals surface area contributed by atoms with E-state index in [-0.39, 0.29) is 12.0 Å². The minimum Gasteiger partial charge on any atom is -0.496 e. The van der Waals surface area contributed by atoms with Gasteiger partial charge in [-0.05, 0) is 51.4 Å². The van der Waals surface area contributed by atoms with Crippen molar-refractivity contribution in [2.24, 2.45) is 5.41 Å². The molecule has 1 aromatic carbocycles. The van der Waals surface area contributed by atoms with Crippen LogP contribution < -0.4 is 4.74 Å². The monoisotopic (exact) mass is 263 g/mol. The van der Waals surface area contributed by atoms with Crippen LogP contribution >= 0.6 is 0 Å². The normalized spacial score (nSPS) is 24.4. The topological polar surface area (TPSA) is 32.7 Å². The lowest BCUT2D eigenvalue weighted by Crippen LogP contribution is -2.44. The van der Waals surface area contributed by atoms with Crippen LogP contribution in [0.15, 0.2) is 18.2 Å². The zero-order chi connectivity index (χ0) is 13.9. The molecule has 1 N–H and O–H groups in total. The van der Waals surface area contributed by atoms with Crippen molar-refractivity contribution in [3.05, 3.63) is 29.3 Å². The minimum absolute atomic E-state index is 0.0198. The van der Waals surface area contributed by atoms with Crippen LogP contribution in [0.2, 0.25) is 0 Å². The predicted octanol–water partition coefficient (Wildman–Crippen LogP) is 2.25. The number of ether oxygens (including phenoxy) is 1. The standard InChI is InChI=1S/C16H25NO2/c1-13-5-6-15(19-3)14(9-13)10-16(12-18)7-4-8-17(2)11-16/h5-6,9,18H,4,7-8,10-12H2,1-3H3. The van der Waals surface area contributed by atoms with E-state index < -0.39 is 0 Å². The predicted molar refractivity (Wildman–Crippen MR) is 77.7 cm³/mol. The molecule has 1 unspecified atom stereocenters. The third-order valence-electron chi connectivity index (χ3n) is 4.19. The maximum atomic E-state index is 9.89. The lowest BCUT2D eigenvalue weighted by Gasteiger charge is -2.40. The molecular formula is C16H25NO2. The van der Waals surface area contributed by atoms with E-state index in [4.69, 9.17) is 4.74 Å². The van der Waals surface area contributed by atoms with Crippen molar-refractivity contribution in [3.63, 3.8) is 0 Å². The van der Waals surface area contributed by atoms with Gasteiger partial charge in [0.2, 0.25) is 0 Å². The van der Waals surface area contributed by atoms with E-state index in [0.717, 1.165) is 38.1 Å². The molecule has 1 aromatic rings. The highest BCUT2D eigenvalue weighted by Gasteiger charge is 2.34. The summed E-state index contributed by atoms with van der Waals surface area (Å²) in [6.45, 7) is 4.43. The van der Waals surface area contributed by atoms with Gasteiger partial charge in [-0.2, -0.15) is 0 Å². The summed E-state index contributed by atoms with van der Waals surface area (Å²) in [6, 6.07) is 6.29. The van der Waals surface area contributed by atoms with E-state index in [1.54, 1.807) is 7.11 Å². The molecule has 19 heavy (non-hydrogen) atoms. The van der Waals surface area contributed by atoms with Gasteiger partial charge in [-0.3, -0.25) is 0 Å². The first kappa shape index (κ1) is 14.4. The minimum atomic E-state index is -0.0198. The Bertz CT molecular complexity index is 433. The highest BCUT2D eigenvalue weighted by atomic mass is 16.5. The molecular weight excluding hydrogens is 238 g/mol. The highest BCUT2D eigenvalue weighted by Crippen LogP contribution is 2.35. The molecule has 1 aliphatic heterocycles. The second kappa shape index (κ2) is 5.93. The Labute approximate surface area is 116 Å². The van der Waals surface area contributed by atoms with Crippen molar-refractivity contribution < 1.29 is 9.84 Å². The van der Waals surface area contributed by atoms with Crippen molar-refractivity contribution in [1.29, 1.82) is 0 Å². The number of rotatable bonds is 4. The molecule has 1 aliphatic rings. The number of hydrogen-bond donors (Lipinski definition) is 1. The molecule has 0 aromatic heterocycles. The molecule has 0 saturated carbocycles. The third-order valence-corrected chi connectivity index (χ3v) is 4.19. The SMILES string of the molecule is COc1ccc(C)cc1CC1(CO)CCCN(C)C1. The fraction of sp³-hybridized carbons (Fsp3) is 0.625. The maximum absolute atomic E-state index is 9.89. The van der Waals surface area contributed by atoms with Crippen LogP contribution in [-0.2, 0) is 6.42 Å². The van der Waals surface area contributed by atoms with Gasteiger partial charge in [-0.15, -0.1) is 0 Å². The largest absolute Gasteiger partial charge is 0.496 e. The van der Waals surface area contributed by atoms with Crippen molar-refractivity contribution in [1.82, 2.24) is 4.90 Å². The highest BCUT2D eigenvalue weighted by molar-refractivity contribution is 5.37. The Morgan fingerprint density at radius 1 is 1.42 bits per heavy atom. The smallest absolute Gasteiger partial charge is 0.122 e. The molecule has 106 valence electrons. The number of hydrogen-bond acceptors (Lipinski definition) is 3. The second-order valence-corrected chi connectivity index (χ2v) is 5.99. The van der Waals surface area contributed by atoms with Gasteiger partial charge in [0, 0.05) is 12.0 Å². The average Bonchev–Trinajstić information content (AvgIpc) is 2.39. The number of piperidine rings is 1. The molecule has 0 amide bonds. The third kappa shape index (κ3) is 3.28. The van der Waals surface area contributed by atoms with Gasteiger partial charge in [0.1, 0.15) is 5.75 Å². The Morgan fingerprint density at radius 2 is 2.21 bits per heavy atom. The number of aryl methyl sites for hydroxylation is 1. The van der Waals surface area contributed by atoms with Crippen LogP contribution in [-0.4, -0.2) is 43.9 Å². The summed E-state index contributed by atoms with van der Waals surface area (Å²) in [5.74, 6) is 0.937. The molecule has 3 nitrogen and oxygen atoms in total. The van der Waals surface area contributed by atoms with Gasteiger partial charge < -0.3 is 14.7 Å². The van der Waals surface area contributed by atoms with Gasteiger partial charge in [0.15, 0.2) is 0 Å². The molecule has 3 heteroatoms. The fourth-order valence-electron chi connectivity index (χ4n) is 3.23. The first-order valence-corrected chi connectivity index (χ1v) is 7.01. The molecule has 0 bridgehead atoms. The van der Waals surface area contributed by atoms with Crippen molar-refractivity contribution in [2.75, 3.05) is 33.9 Å². The zero-order valence-corrected chi connectivity index (χ0v) is 12.3. The summed E-state index contributed by atoms with van der Waals surface area (Å²) in [4.78, 5) is 2.32. The van der Waals surface area contributed by atoms with E-state index in [1.807, 2.05) is 6.07 Å². The number of likely N-dealkylation sites (tertiary alicyclic amines) is 1. The van der Waals surface area contributed by atoms with Crippen molar-refractivity contribution in [3.8, 4) is 5.75 Å². The summed E-state index contributed by atoms with van der Waals surface area (Å²) >= 11 is 0.